The van der Waals surface area contributed by atoms with E-state index in [4.69, 9.17) is 14.5 Å². The molecule has 32 heavy (non-hydrogen) atoms. The van der Waals surface area contributed by atoms with Gasteiger partial charge in [-0.3, -0.25) is 4.78 Å². The van der Waals surface area contributed by atoms with Crippen LogP contribution in [0.25, 0.3) is 11.0 Å². The van der Waals surface area contributed by atoms with Crippen molar-refractivity contribution in [2.24, 2.45) is 4.99 Å². The van der Waals surface area contributed by atoms with Gasteiger partial charge in [0.1, 0.15) is 11.5 Å². The number of fused-ring (bicyclic) bond motifs is 1. The molecule has 172 valence electrons. The lowest BCUT2D eigenvalue weighted by atomic mass is 10.1. The first-order valence-corrected chi connectivity index (χ1v) is 13.2. The van der Waals surface area contributed by atoms with E-state index in [1.807, 2.05) is 25.3 Å². The molecule has 4 rings (SSSR count). The molecule has 2 aromatic rings. The molecule has 1 aliphatic heterocycles. The summed E-state index contributed by atoms with van der Waals surface area (Å²) < 4.78 is 26.4. The molecule has 2 unspecified atom stereocenters. The number of nitrogens with one attached hydrogen (secondary N) is 2. The van der Waals surface area contributed by atoms with Crippen LogP contribution in [0.15, 0.2) is 53.1 Å². The average molecular weight is 456 g/mol. The quantitative estimate of drug-likeness (QED) is 0.475. The van der Waals surface area contributed by atoms with Gasteiger partial charge in [-0.05, 0) is 56.9 Å². The molecule has 2 atom stereocenters. The van der Waals surface area contributed by atoms with Gasteiger partial charge < -0.3 is 14.6 Å². The van der Waals surface area contributed by atoms with E-state index in [0.29, 0.717) is 13.2 Å². The zero-order valence-corrected chi connectivity index (χ0v) is 20.2. The third kappa shape index (κ3) is 4.26. The number of rotatable bonds is 7. The summed E-state index contributed by atoms with van der Waals surface area (Å²) in [7, 11) is -2.72. The van der Waals surface area contributed by atoms with E-state index in [2.05, 4.69) is 40.9 Å². The van der Waals surface area contributed by atoms with E-state index in [1.165, 1.54) is 0 Å². The van der Waals surface area contributed by atoms with Crippen LogP contribution in [0.5, 0.6) is 0 Å². The largest absolute Gasteiger partial charge is 0.377 e. The Bertz CT molecular complexity index is 1190. The van der Waals surface area contributed by atoms with Crippen LogP contribution in [0.1, 0.15) is 45.6 Å². The molecular formula is C24H33N5O2S. The lowest BCUT2D eigenvalue weighted by Crippen LogP contribution is -2.42. The highest BCUT2D eigenvalue weighted by atomic mass is 32.2. The molecule has 0 radical (unpaired) electrons. The number of allylic oxidation sites excluding steroid dienone is 2. The molecule has 1 saturated carbocycles. The summed E-state index contributed by atoms with van der Waals surface area (Å²) >= 11 is 0. The van der Waals surface area contributed by atoms with Crippen molar-refractivity contribution < 1.29 is 8.95 Å². The predicted octanol–water partition coefficient (Wildman–Crippen LogP) is 4.48. The predicted molar refractivity (Wildman–Crippen MR) is 130 cm³/mol. The van der Waals surface area contributed by atoms with Gasteiger partial charge >= 0.3 is 0 Å². The van der Waals surface area contributed by atoms with Crippen LogP contribution in [0.2, 0.25) is 0 Å². The van der Waals surface area contributed by atoms with E-state index in [0.717, 1.165) is 59.5 Å². The van der Waals surface area contributed by atoms with Crippen molar-refractivity contribution in [1.82, 2.24) is 14.9 Å². The normalized spacial score (nSPS) is 23.9. The molecular weight excluding hydrogens is 422 g/mol. The van der Waals surface area contributed by atoms with Gasteiger partial charge in [-0.2, -0.15) is 0 Å². The Hall–Kier alpha value is -2.45. The molecule has 0 spiro atoms. The summed E-state index contributed by atoms with van der Waals surface area (Å²) in [4.78, 5) is 14.9. The van der Waals surface area contributed by atoms with Gasteiger partial charge in [-0.25, -0.2) is 14.2 Å². The standard InChI is InChI=1S/C24H33N5O2S/c1-5-6-19(24(9-10-24)32(4,25)30)15-22(29-13-14-31-16-17(29)2)28-18(3)20-7-11-26-23-21(20)8-12-27-23/h6-8,11-12,15,17,25H,5,9-10,13-14,16H2,1-4H3,(H,26,27)/b19-6-,22-15+,28-18+. The first-order valence-electron chi connectivity index (χ1n) is 11.2. The fourth-order valence-electron chi connectivity index (χ4n) is 4.51. The number of pyridine rings is 1. The van der Waals surface area contributed by atoms with Crippen molar-refractivity contribution in [3.05, 3.63) is 53.6 Å². The smallest absolute Gasteiger partial charge is 0.137 e. The van der Waals surface area contributed by atoms with Gasteiger partial charge in [-0.15, -0.1) is 0 Å². The maximum atomic E-state index is 12.9. The summed E-state index contributed by atoms with van der Waals surface area (Å²) in [6.45, 7) is 8.27. The van der Waals surface area contributed by atoms with E-state index >= 15 is 0 Å². The molecule has 0 bridgehead atoms. The Balaban J connectivity index is 1.83. The van der Waals surface area contributed by atoms with Gasteiger partial charge in [0.05, 0.1) is 33.7 Å². The van der Waals surface area contributed by atoms with Crippen molar-refractivity contribution in [1.29, 1.82) is 4.78 Å². The highest BCUT2D eigenvalue weighted by Crippen LogP contribution is 2.50. The molecule has 2 aromatic heterocycles. The molecule has 7 nitrogen and oxygen atoms in total. The lowest BCUT2D eigenvalue weighted by molar-refractivity contribution is 0.0164. The van der Waals surface area contributed by atoms with Crippen molar-refractivity contribution in [2.75, 3.05) is 26.0 Å². The Labute approximate surface area is 190 Å². The van der Waals surface area contributed by atoms with E-state index in [9.17, 15) is 4.21 Å². The number of hydrogen-bond donors (Lipinski definition) is 2. The minimum atomic E-state index is -2.72. The summed E-state index contributed by atoms with van der Waals surface area (Å²) in [6, 6.07) is 4.19. The number of nitrogens with zero attached hydrogens (tertiary/aromatic N) is 3. The summed E-state index contributed by atoms with van der Waals surface area (Å²) in [5, 5.41) is 1.04. The number of aromatic nitrogens is 2. The molecule has 0 amide bonds. The van der Waals surface area contributed by atoms with E-state index in [1.54, 1.807) is 12.5 Å². The number of morpholine rings is 1. The average Bonchev–Trinajstić information content (AvgIpc) is 3.44. The third-order valence-electron chi connectivity index (χ3n) is 6.48. The fraction of sp³-hybridized carbons (Fsp3) is 0.500. The number of ether oxygens (including phenoxy) is 1. The molecule has 2 aliphatic rings. The molecule has 1 aliphatic carbocycles. The molecule has 3 heterocycles. The van der Waals surface area contributed by atoms with Crippen LogP contribution in [0.3, 0.4) is 0 Å². The Morgan fingerprint density at radius 2 is 2.25 bits per heavy atom. The summed E-state index contributed by atoms with van der Waals surface area (Å²) in [6.07, 6.45) is 11.9. The van der Waals surface area contributed by atoms with Crippen molar-refractivity contribution in [3.8, 4) is 0 Å². The first-order chi connectivity index (χ1) is 15.3. The second-order valence-corrected chi connectivity index (χ2v) is 11.3. The Kier molecular flexibility index (Phi) is 6.27. The number of aromatic amines is 1. The van der Waals surface area contributed by atoms with Crippen LogP contribution in [0, 0.1) is 4.78 Å². The second-order valence-electron chi connectivity index (χ2n) is 8.82. The SMILES string of the molecule is CC/C=C(/C=C(\N=C(/C)c1ccnc2[nH]ccc12)N1CCOCC1C)C1(S(C)(=N)=O)CC1. The summed E-state index contributed by atoms with van der Waals surface area (Å²) in [5.74, 6) is 0.841. The second kappa shape index (κ2) is 8.83. The zero-order chi connectivity index (χ0) is 22.9. The first kappa shape index (κ1) is 22.7. The van der Waals surface area contributed by atoms with Gasteiger partial charge in [0.15, 0.2) is 0 Å². The zero-order valence-electron chi connectivity index (χ0n) is 19.4. The minimum absolute atomic E-state index is 0.177. The molecule has 1 saturated heterocycles. The van der Waals surface area contributed by atoms with Crippen LogP contribution in [-0.4, -0.2) is 61.6 Å². The maximum absolute atomic E-state index is 12.9. The van der Waals surface area contributed by atoms with Crippen molar-refractivity contribution >= 4 is 26.5 Å². The van der Waals surface area contributed by atoms with Crippen molar-refractivity contribution in [3.63, 3.8) is 0 Å². The monoisotopic (exact) mass is 455 g/mol. The Morgan fingerprint density at radius 1 is 1.47 bits per heavy atom. The minimum Gasteiger partial charge on any atom is -0.377 e. The van der Waals surface area contributed by atoms with Crippen LogP contribution < -0.4 is 0 Å². The van der Waals surface area contributed by atoms with Crippen LogP contribution in [-0.2, 0) is 14.5 Å². The number of hydrogen-bond acceptors (Lipinski definition) is 6. The fourth-order valence-corrected chi connectivity index (χ4v) is 5.98. The van der Waals surface area contributed by atoms with Gasteiger partial charge in [-0.1, -0.05) is 13.0 Å². The number of aliphatic imine (C=N–C) groups is 1. The Morgan fingerprint density at radius 3 is 2.91 bits per heavy atom. The van der Waals surface area contributed by atoms with Crippen LogP contribution in [0.4, 0.5) is 0 Å². The third-order valence-corrected chi connectivity index (χ3v) is 8.61. The topological polar surface area (TPSA) is 94.4 Å². The molecule has 2 fully saturated rings. The van der Waals surface area contributed by atoms with E-state index in [-0.39, 0.29) is 6.04 Å². The highest BCUT2D eigenvalue weighted by Gasteiger charge is 2.52. The highest BCUT2D eigenvalue weighted by molar-refractivity contribution is 7.93. The summed E-state index contributed by atoms with van der Waals surface area (Å²) in [5.41, 5.74) is 3.75. The van der Waals surface area contributed by atoms with Gasteiger partial charge in [0.25, 0.3) is 0 Å². The van der Waals surface area contributed by atoms with Crippen molar-refractivity contribution in [2.45, 2.75) is 50.8 Å². The molecule has 2 N–H and O–H groups in total. The van der Waals surface area contributed by atoms with Crippen LogP contribution >= 0.6 is 0 Å². The molecule has 8 heteroatoms. The maximum Gasteiger partial charge on any atom is 0.137 e. The number of H-pyrrole nitrogens is 1. The van der Waals surface area contributed by atoms with Gasteiger partial charge in [0.2, 0.25) is 0 Å². The van der Waals surface area contributed by atoms with E-state index < -0.39 is 14.5 Å². The lowest BCUT2D eigenvalue weighted by Gasteiger charge is -2.36. The van der Waals surface area contributed by atoms with Gasteiger partial charge in [0, 0.05) is 41.9 Å². The molecule has 0 aromatic carbocycles.